The van der Waals surface area contributed by atoms with Crippen molar-refractivity contribution in [2.45, 2.75) is 31.8 Å². The zero-order chi connectivity index (χ0) is 17.8. The zero-order valence-electron chi connectivity index (χ0n) is 13.4. The predicted octanol–water partition coefficient (Wildman–Crippen LogP) is 4.82. The lowest BCUT2D eigenvalue weighted by Gasteiger charge is -2.15. The number of anilines is 1. The number of hydrogen-bond donors (Lipinski definition) is 1. The molecule has 0 saturated heterocycles. The first-order chi connectivity index (χ1) is 12.0. The molecule has 0 bridgehead atoms. The number of ether oxygens (including phenoxy) is 1. The number of hydrogen-bond acceptors (Lipinski definition) is 4. The lowest BCUT2D eigenvalue weighted by molar-refractivity contribution is -0.385. The van der Waals surface area contributed by atoms with Gasteiger partial charge in [-0.1, -0.05) is 23.7 Å². The molecule has 3 rings (SSSR count). The van der Waals surface area contributed by atoms with Gasteiger partial charge in [-0.25, -0.2) is 0 Å². The van der Waals surface area contributed by atoms with Gasteiger partial charge in [-0.2, -0.15) is 0 Å². The molecule has 6 nitrogen and oxygen atoms in total. The molecule has 0 radical (unpaired) electrons. The van der Waals surface area contributed by atoms with Gasteiger partial charge in [-0.15, -0.1) is 0 Å². The molecule has 0 aliphatic heterocycles. The minimum Gasteiger partial charge on any atom is -0.489 e. The predicted molar refractivity (Wildman–Crippen MR) is 95.4 cm³/mol. The Morgan fingerprint density at radius 3 is 2.60 bits per heavy atom. The van der Waals surface area contributed by atoms with E-state index in [1.54, 1.807) is 24.3 Å². The number of benzene rings is 2. The third kappa shape index (κ3) is 4.09. The van der Waals surface area contributed by atoms with Gasteiger partial charge in [-0.05, 0) is 49.9 Å². The second-order valence-corrected chi connectivity index (χ2v) is 6.31. The maximum atomic E-state index is 12.3. The van der Waals surface area contributed by atoms with E-state index in [1.807, 2.05) is 0 Å². The summed E-state index contributed by atoms with van der Waals surface area (Å²) in [6.07, 6.45) is 4.54. The fourth-order valence-corrected chi connectivity index (χ4v) is 3.11. The summed E-state index contributed by atoms with van der Waals surface area (Å²) < 4.78 is 5.87. The summed E-state index contributed by atoms with van der Waals surface area (Å²) in [4.78, 5) is 22.8. The summed E-state index contributed by atoms with van der Waals surface area (Å²) >= 11 is 6.23. The van der Waals surface area contributed by atoms with Crippen LogP contribution in [0, 0.1) is 10.1 Å². The molecular formula is C18H17ClN2O4. The Labute approximate surface area is 149 Å². The summed E-state index contributed by atoms with van der Waals surface area (Å²) in [5.74, 6) is 0.0186. The Kier molecular flexibility index (Phi) is 5.19. The number of nitro groups is 1. The first-order valence-electron chi connectivity index (χ1n) is 8.05. The van der Waals surface area contributed by atoms with E-state index in [0.29, 0.717) is 16.5 Å². The van der Waals surface area contributed by atoms with Crippen molar-refractivity contribution in [1.29, 1.82) is 0 Å². The molecule has 1 N–H and O–H groups in total. The van der Waals surface area contributed by atoms with Crippen molar-refractivity contribution in [3.8, 4) is 5.75 Å². The van der Waals surface area contributed by atoms with E-state index in [2.05, 4.69) is 5.32 Å². The fourth-order valence-electron chi connectivity index (χ4n) is 2.88. The van der Waals surface area contributed by atoms with E-state index < -0.39 is 10.8 Å². The number of para-hydroxylation sites is 1. The van der Waals surface area contributed by atoms with Crippen LogP contribution < -0.4 is 10.1 Å². The van der Waals surface area contributed by atoms with Crippen LogP contribution in [0.3, 0.4) is 0 Å². The molecule has 2 aromatic rings. The number of rotatable bonds is 5. The Balaban J connectivity index is 1.73. The maximum absolute atomic E-state index is 12.3. The van der Waals surface area contributed by atoms with Gasteiger partial charge in [-0.3, -0.25) is 14.9 Å². The van der Waals surface area contributed by atoms with Gasteiger partial charge in [0.2, 0.25) is 0 Å². The molecule has 0 atom stereocenters. The van der Waals surface area contributed by atoms with E-state index >= 15 is 0 Å². The standard InChI is InChI=1S/C18H17ClN2O4/c19-15-11-12(9-10-17(15)25-13-5-1-2-6-13)20-18(22)14-7-3-4-8-16(14)21(23)24/h3-4,7-11,13H,1-2,5-6H2,(H,20,22). The van der Waals surface area contributed by atoms with E-state index in [0.717, 1.165) is 25.7 Å². The number of carbonyl (C=O) groups excluding carboxylic acids is 1. The molecule has 130 valence electrons. The van der Waals surface area contributed by atoms with E-state index in [-0.39, 0.29) is 17.4 Å². The molecule has 1 fully saturated rings. The highest BCUT2D eigenvalue weighted by atomic mass is 35.5. The Morgan fingerprint density at radius 1 is 1.20 bits per heavy atom. The Hall–Kier alpha value is -2.60. The van der Waals surface area contributed by atoms with Crippen molar-refractivity contribution in [3.63, 3.8) is 0 Å². The van der Waals surface area contributed by atoms with Crippen LogP contribution in [-0.2, 0) is 0 Å². The Morgan fingerprint density at radius 2 is 1.92 bits per heavy atom. The maximum Gasteiger partial charge on any atom is 0.282 e. The smallest absolute Gasteiger partial charge is 0.282 e. The SMILES string of the molecule is O=C(Nc1ccc(OC2CCCC2)c(Cl)c1)c1ccccc1[N+](=O)[O-]. The normalized spacial score (nSPS) is 14.3. The van der Waals surface area contributed by atoms with Gasteiger partial charge in [0.15, 0.2) is 0 Å². The molecule has 1 aliphatic rings. The molecule has 0 spiro atoms. The summed E-state index contributed by atoms with van der Waals surface area (Å²) in [6, 6.07) is 10.7. The minimum absolute atomic E-state index is 0.00472. The van der Waals surface area contributed by atoms with Gasteiger partial charge in [0.05, 0.1) is 16.0 Å². The van der Waals surface area contributed by atoms with Gasteiger partial charge >= 0.3 is 0 Å². The third-order valence-electron chi connectivity index (χ3n) is 4.13. The number of nitrogens with one attached hydrogen (secondary N) is 1. The highest BCUT2D eigenvalue weighted by Crippen LogP contribution is 2.32. The molecule has 7 heteroatoms. The van der Waals surface area contributed by atoms with Crippen molar-refractivity contribution in [2.24, 2.45) is 0 Å². The van der Waals surface area contributed by atoms with Crippen molar-refractivity contribution < 1.29 is 14.5 Å². The molecule has 25 heavy (non-hydrogen) atoms. The first kappa shape index (κ1) is 17.2. The lowest BCUT2D eigenvalue weighted by atomic mass is 10.1. The fraction of sp³-hybridized carbons (Fsp3) is 0.278. The number of halogens is 1. The molecular weight excluding hydrogens is 344 g/mol. The second kappa shape index (κ2) is 7.53. The molecule has 0 aromatic heterocycles. The lowest BCUT2D eigenvalue weighted by Crippen LogP contribution is -2.14. The van der Waals surface area contributed by atoms with Crippen LogP contribution in [0.15, 0.2) is 42.5 Å². The average Bonchev–Trinajstić information content (AvgIpc) is 3.10. The summed E-state index contributed by atoms with van der Waals surface area (Å²) in [5, 5.41) is 14.1. The molecule has 2 aromatic carbocycles. The van der Waals surface area contributed by atoms with Crippen LogP contribution in [0.2, 0.25) is 5.02 Å². The van der Waals surface area contributed by atoms with Crippen LogP contribution in [0.25, 0.3) is 0 Å². The number of nitrogens with zero attached hydrogens (tertiary/aromatic N) is 1. The second-order valence-electron chi connectivity index (χ2n) is 5.90. The van der Waals surface area contributed by atoms with Crippen molar-refractivity contribution >= 4 is 28.9 Å². The largest absolute Gasteiger partial charge is 0.489 e. The number of amides is 1. The summed E-state index contributed by atoms with van der Waals surface area (Å²) in [7, 11) is 0. The highest BCUT2D eigenvalue weighted by Gasteiger charge is 2.20. The quantitative estimate of drug-likeness (QED) is 0.612. The van der Waals surface area contributed by atoms with Gasteiger partial charge < -0.3 is 10.1 Å². The van der Waals surface area contributed by atoms with Crippen LogP contribution in [0.1, 0.15) is 36.0 Å². The summed E-state index contributed by atoms with van der Waals surface area (Å²) in [5.41, 5.74) is 0.203. The average molecular weight is 361 g/mol. The van der Waals surface area contributed by atoms with E-state index in [1.165, 1.54) is 18.2 Å². The van der Waals surface area contributed by atoms with Gasteiger partial charge in [0, 0.05) is 11.8 Å². The van der Waals surface area contributed by atoms with Crippen LogP contribution in [0.4, 0.5) is 11.4 Å². The monoisotopic (exact) mass is 360 g/mol. The molecule has 1 amide bonds. The Bertz CT molecular complexity index is 803. The number of carbonyl (C=O) groups is 1. The topological polar surface area (TPSA) is 81.5 Å². The van der Waals surface area contributed by atoms with Crippen molar-refractivity contribution in [3.05, 3.63) is 63.2 Å². The van der Waals surface area contributed by atoms with Gasteiger partial charge in [0.25, 0.3) is 11.6 Å². The molecule has 1 saturated carbocycles. The minimum atomic E-state index is -0.583. The van der Waals surface area contributed by atoms with Crippen LogP contribution >= 0.6 is 11.6 Å². The van der Waals surface area contributed by atoms with E-state index in [9.17, 15) is 14.9 Å². The number of nitro benzene ring substituents is 1. The van der Waals surface area contributed by atoms with Crippen molar-refractivity contribution in [1.82, 2.24) is 0 Å². The van der Waals surface area contributed by atoms with Crippen LogP contribution in [-0.4, -0.2) is 16.9 Å². The first-order valence-corrected chi connectivity index (χ1v) is 8.43. The summed E-state index contributed by atoms with van der Waals surface area (Å²) in [6.45, 7) is 0. The highest BCUT2D eigenvalue weighted by molar-refractivity contribution is 6.32. The molecule has 0 unspecified atom stereocenters. The van der Waals surface area contributed by atoms with Crippen LogP contribution in [0.5, 0.6) is 5.75 Å². The molecule has 0 heterocycles. The molecule has 1 aliphatic carbocycles. The van der Waals surface area contributed by atoms with E-state index in [4.69, 9.17) is 16.3 Å². The third-order valence-corrected chi connectivity index (χ3v) is 4.43. The van der Waals surface area contributed by atoms with Gasteiger partial charge in [0.1, 0.15) is 11.3 Å². The zero-order valence-corrected chi connectivity index (χ0v) is 14.2. The van der Waals surface area contributed by atoms with Crippen molar-refractivity contribution in [2.75, 3.05) is 5.32 Å².